The average molecular weight is 384 g/mol. The summed E-state index contributed by atoms with van der Waals surface area (Å²) < 4.78 is 5.40. The lowest BCUT2D eigenvalue weighted by Gasteiger charge is -2.19. The van der Waals surface area contributed by atoms with Crippen molar-refractivity contribution in [1.82, 2.24) is 4.98 Å². The molecule has 3 rings (SSSR count). The lowest BCUT2D eigenvalue weighted by molar-refractivity contribution is -0.145. The van der Waals surface area contributed by atoms with Gasteiger partial charge in [-0.1, -0.05) is 55.8 Å². The van der Waals surface area contributed by atoms with Gasteiger partial charge in [-0.05, 0) is 36.6 Å². The summed E-state index contributed by atoms with van der Waals surface area (Å²) in [6.07, 6.45) is 0. The molecule has 0 aliphatic rings. The normalized spacial score (nSPS) is 12.3. The third kappa shape index (κ3) is 4.06. The van der Waals surface area contributed by atoms with E-state index in [1.807, 2.05) is 57.2 Å². The molecule has 1 heterocycles. The number of carbonyl (C=O) groups excluding carboxylic acids is 2. The first-order valence-corrected chi connectivity index (χ1v) is 9.29. The molecule has 0 aliphatic heterocycles. The second-order valence-corrected chi connectivity index (χ2v) is 7.41. The van der Waals surface area contributed by atoms with Crippen LogP contribution in [0.5, 0.6) is 0 Å². The highest BCUT2D eigenvalue weighted by atomic mass is 35.5. The Morgan fingerprint density at radius 2 is 1.74 bits per heavy atom. The van der Waals surface area contributed by atoms with E-state index in [0.29, 0.717) is 10.6 Å². The lowest BCUT2D eigenvalue weighted by atomic mass is 9.88. The van der Waals surface area contributed by atoms with Crippen molar-refractivity contribution < 1.29 is 14.3 Å². The quantitative estimate of drug-likeness (QED) is 0.464. The predicted octanol–water partition coefficient (Wildman–Crippen LogP) is 5.30. The molecule has 140 valence electrons. The Hall–Kier alpha value is -2.59. The number of H-pyrrole nitrogens is 1. The first-order valence-electron chi connectivity index (χ1n) is 8.91. The third-order valence-electron chi connectivity index (χ3n) is 4.67. The fraction of sp³-hybridized carbons (Fsp3) is 0.273. The fourth-order valence-electron chi connectivity index (χ4n) is 3.40. The average Bonchev–Trinajstić information content (AvgIpc) is 2.97. The topological polar surface area (TPSA) is 59.2 Å². The van der Waals surface area contributed by atoms with Gasteiger partial charge in [0.05, 0.1) is 5.92 Å². The number of aryl methyl sites for hydroxylation is 1. The van der Waals surface area contributed by atoms with Crippen LogP contribution in [0.2, 0.25) is 5.02 Å². The Balaban J connectivity index is 1.76. The zero-order chi connectivity index (χ0) is 19.6. The largest absolute Gasteiger partial charge is 0.457 e. The molecule has 0 amide bonds. The highest BCUT2D eigenvalue weighted by Crippen LogP contribution is 2.28. The number of esters is 1. The van der Waals surface area contributed by atoms with Gasteiger partial charge in [-0.3, -0.25) is 9.59 Å². The number of halogens is 1. The number of nitrogens with one attached hydrogen (secondary N) is 1. The molecule has 0 fully saturated rings. The van der Waals surface area contributed by atoms with E-state index in [1.165, 1.54) is 0 Å². The summed E-state index contributed by atoms with van der Waals surface area (Å²) in [5.41, 5.74) is 3.07. The number of Topliss-reactive ketones (excluding diaryl/α,β-unsaturated/α-hetero) is 1. The van der Waals surface area contributed by atoms with E-state index in [0.717, 1.165) is 22.2 Å². The maximum absolute atomic E-state index is 12.7. The van der Waals surface area contributed by atoms with Gasteiger partial charge < -0.3 is 9.72 Å². The maximum atomic E-state index is 12.7. The number of ketones is 1. The first kappa shape index (κ1) is 19.2. The van der Waals surface area contributed by atoms with Crippen molar-refractivity contribution in [2.45, 2.75) is 26.7 Å². The van der Waals surface area contributed by atoms with Crippen LogP contribution in [-0.4, -0.2) is 23.3 Å². The minimum atomic E-state index is -0.445. The molecule has 0 spiro atoms. The van der Waals surface area contributed by atoms with Gasteiger partial charge in [-0.2, -0.15) is 0 Å². The van der Waals surface area contributed by atoms with Crippen LogP contribution in [0.3, 0.4) is 0 Å². The second kappa shape index (κ2) is 7.97. The molecule has 27 heavy (non-hydrogen) atoms. The Bertz CT molecular complexity index is 973. The summed E-state index contributed by atoms with van der Waals surface area (Å²) in [5, 5.41) is 1.45. The van der Waals surface area contributed by atoms with Crippen LogP contribution in [0.15, 0.2) is 48.5 Å². The zero-order valence-corrected chi connectivity index (χ0v) is 16.3. The van der Waals surface area contributed by atoms with Crippen molar-refractivity contribution >= 4 is 34.3 Å². The fourth-order valence-corrected chi connectivity index (χ4v) is 3.52. The maximum Gasteiger partial charge on any atom is 0.314 e. The van der Waals surface area contributed by atoms with Crippen molar-refractivity contribution in [3.8, 4) is 0 Å². The van der Waals surface area contributed by atoms with E-state index < -0.39 is 11.9 Å². The van der Waals surface area contributed by atoms with Crippen molar-refractivity contribution in [3.63, 3.8) is 0 Å². The van der Waals surface area contributed by atoms with Crippen LogP contribution in [0.1, 0.15) is 41.4 Å². The Labute approximate surface area is 163 Å². The van der Waals surface area contributed by atoms with E-state index in [1.54, 1.807) is 12.1 Å². The monoisotopic (exact) mass is 383 g/mol. The Morgan fingerprint density at radius 1 is 1.07 bits per heavy atom. The van der Waals surface area contributed by atoms with Gasteiger partial charge in [0.1, 0.15) is 0 Å². The van der Waals surface area contributed by atoms with E-state index in [-0.39, 0.29) is 18.3 Å². The molecule has 0 radical (unpaired) electrons. The molecular weight excluding hydrogens is 362 g/mol. The molecule has 4 nitrogen and oxygen atoms in total. The molecule has 0 unspecified atom stereocenters. The number of rotatable bonds is 6. The Morgan fingerprint density at radius 3 is 2.41 bits per heavy atom. The zero-order valence-electron chi connectivity index (χ0n) is 15.6. The number of aromatic amines is 1. The number of aromatic nitrogens is 1. The lowest BCUT2D eigenvalue weighted by Crippen LogP contribution is -2.23. The molecule has 1 aromatic heterocycles. The Kier molecular flexibility index (Phi) is 5.66. The van der Waals surface area contributed by atoms with Crippen LogP contribution in [0, 0.1) is 12.8 Å². The van der Waals surface area contributed by atoms with Crippen LogP contribution in [0.25, 0.3) is 10.9 Å². The van der Waals surface area contributed by atoms with Crippen molar-refractivity contribution in [2.75, 3.05) is 6.61 Å². The van der Waals surface area contributed by atoms with Crippen molar-refractivity contribution in [3.05, 3.63) is 70.4 Å². The van der Waals surface area contributed by atoms with Gasteiger partial charge in [0, 0.05) is 27.2 Å². The summed E-state index contributed by atoms with van der Waals surface area (Å²) in [4.78, 5) is 28.6. The third-order valence-corrected chi connectivity index (χ3v) is 4.92. The number of fused-ring (bicyclic) bond motifs is 1. The van der Waals surface area contributed by atoms with Crippen LogP contribution in [-0.2, 0) is 9.53 Å². The van der Waals surface area contributed by atoms with E-state index >= 15 is 0 Å². The number of hydrogen-bond acceptors (Lipinski definition) is 3. The minimum absolute atomic E-state index is 0.0311. The molecule has 0 saturated carbocycles. The number of para-hydroxylation sites is 1. The molecular formula is C22H22ClNO3. The molecule has 1 atom stereocenters. The number of ether oxygens (including phenoxy) is 1. The van der Waals surface area contributed by atoms with Gasteiger partial charge in [0.25, 0.3) is 0 Å². The van der Waals surface area contributed by atoms with Crippen molar-refractivity contribution in [1.29, 1.82) is 0 Å². The molecule has 0 saturated heterocycles. The van der Waals surface area contributed by atoms with E-state index in [9.17, 15) is 9.59 Å². The molecule has 5 heteroatoms. The molecule has 2 aromatic carbocycles. The van der Waals surface area contributed by atoms with E-state index in [2.05, 4.69) is 4.98 Å². The molecule has 0 aliphatic carbocycles. The molecule has 1 N–H and O–H groups in total. The van der Waals surface area contributed by atoms with Crippen LogP contribution in [0.4, 0.5) is 0 Å². The van der Waals surface area contributed by atoms with Gasteiger partial charge in [-0.25, -0.2) is 0 Å². The number of carbonyl (C=O) groups is 2. The van der Waals surface area contributed by atoms with Gasteiger partial charge in [0.15, 0.2) is 6.61 Å². The summed E-state index contributed by atoms with van der Waals surface area (Å²) in [5.74, 6) is -1.03. The molecule has 0 bridgehead atoms. The summed E-state index contributed by atoms with van der Waals surface area (Å²) in [6, 6.07) is 14.7. The molecule has 3 aromatic rings. The number of hydrogen-bond donors (Lipinski definition) is 1. The summed E-state index contributed by atoms with van der Waals surface area (Å²) >= 11 is 5.93. The standard InChI is InChI=1S/C22H22ClNO3/c1-13(2)20(15-8-10-16(23)11-9-15)22(26)27-12-19(25)21-14(3)24-18-7-5-4-6-17(18)21/h4-11,13,20,24H,12H2,1-3H3/t20-/m1/s1. The summed E-state index contributed by atoms with van der Waals surface area (Å²) in [7, 11) is 0. The minimum Gasteiger partial charge on any atom is -0.457 e. The summed E-state index contributed by atoms with van der Waals surface area (Å²) in [6.45, 7) is 5.47. The van der Waals surface area contributed by atoms with Crippen LogP contribution >= 0.6 is 11.6 Å². The highest BCUT2D eigenvalue weighted by Gasteiger charge is 2.27. The SMILES string of the molecule is Cc1[nH]c2ccccc2c1C(=O)COC(=O)[C@@H](c1ccc(Cl)cc1)C(C)C. The van der Waals surface area contributed by atoms with Gasteiger partial charge in [-0.15, -0.1) is 0 Å². The number of benzene rings is 2. The highest BCUT2D eigenvalue weighted by molar-refractivity contribution is 6.30. The van der Waals surface area contributed by atoms with Crippen LogP contribution < -0.4 is 0 Å². The first-order chi connectivity index (χ1) is 12.9. The smallest absolute Gasteiger partial charge is 0.314 e. The predicted molar refractivity (Wildman–Crippen MR) is 107 cm³/mol. The second-order valence-electron chi connectivity index (χ2n) is 6.97. The van der Waals surface area contributed by atoms with Gasteiger partial charge >= 0.3 is 5.97 Å². The van der Waals surface area contributed by atoms with E-state index in [4.69, 9.17) is 16.3 Å². The van der Waals surface area contributed by atoms with Crippen molar-refractivity contribution in [2.24, 2.45) is 5.92 Å². The van der Waals surface area contributed by atoms with Gasteiger partial charge in [0.2, 0.25) is 5.78 Å².